The summed E-state index contributed by atoms with van der Waals surface area (Å²) >= 11 is 0. The Labute approximate surface area is 279 Å². The van der Waals surface area contributed by atoms with Crippen LogP contribution in [-0.4, -0.2) is 14.5 Å². The molecule has 0 aliphatic carbocycles. The fourth-order valence-electron chi connectivity index (χ4n) is 6.86. The number of rotatable bonds is 4. The lowest BCUT2D eigenvalue weighted by Crippen LogP contribution is -1.94. The molecule has 0 fully saturated rings. The van der Waals surface area contributed by atoms with E-state index in [1.165, 1.54) is 0 Å². The topological polar surface area (TPSA) is 80.8 Å². The predicted octanol–water partition coefficient (Wildman–Crippen LogP) is 11.1. The lowest BCUT2D eigenvalue weighted by molar-refractivity contribution is 0.619. The van der Waals surface area contributed by atoms with Crippen LogP contribution < -0.4 is 0 Å². The summed E-state index contributed by atoms with van der Waals surface area (Å²) in [5.74, 6) is 1.17. The van der Waals surface area contributed by atoms with Gasteiger partial charge in [0, 0.05) is 27.6 Å². The summed E-state index contributed by atoms with van der Waals surface area (Å²) in [6.07, 6.45) is 0. The summed E-state index contributed by atoms with van der Waals surface area (Å²) in [5.41, 5.74) is 11.0. The molecule has 0 saturated carbocycles. The molecular formula is C43H24N4O2. The molecule has 0 spiro atoms. The summed E-state index contributed by atoms with van der Waals surface area (Å²) in [6.45, 7) is 0. The van der Waals surface area contributed by atoms with Crippen molar-refractivity contribution in [2.75, 3.05) is 0 Å². The lowest BCUT2D eigenvalue weighted by Gasteiger charge is -2.10. The third-order valence-electron chi connectivity index (χ3n) is 9.27. The molecule has 10 aromatic rings. The van der Waals surface area contributed by atoms with Gasteiger partial charge >= 0.3 is 0 Å². The number of hydrogen-bond donors (Lipinski definition) is 0. The van der Waals surface area contributed by atoms with Crippen molar-refractivity contribution in [1.29, 1.82) is 5.26 Å². The number of nitriles is 1. The van der Waals surface area contributed by atoms with E-state index >= 15 is 0 Å². The fourth-order valence-corrected chi connectivity index (χ4v) is 6.86. The smallest absolute Gasteiger partial charge is 0.227 e. The Morgan fingerprint density at radius 3 is 1.63 bits per heavy atom. The zero-order valence-electron chi connectivity index (χ0n) is 26.0. The Kier molecular flexibility index (Phi) is 5.84. The normalized spacial score (nSPS) is 11.7. The van der Waals surface area contributed by atoms with Crippen molar-refractivity contribution in [3.63, 3.8) is 0 Å². The Bertz CT molecular complexity index is 2760. The van der Waals surface area contributed by atoms with Crippen molar-refractivity contribution in [1.82, 2.24) is 14.5 Å². The maximum absolute atomic E-state index is 9.39. The van der Waals surface area contributed by atoms with Gasteiger partial charge in [0.25, 0.3) is 0 Å². The number of aromatic nitrogens is 3. The van der Waals surface area contributed by atoms with Gasteiger partial charge in [-0.15, -0.1) is 0 Å². The second-order valence-corrected chi connectivity index (χ2v) is 12.2. The van der Waals surface area contributed by atoms with Gasteiger partial charge in [-0.05, 0) is 113 Å². The fraction of sp³-hybridized carbons (Fsp3) is 0. The number of oxazole rings is 2. The third kappa shape index (κ3) is 4.41. The Hall–Kier alpha value is -6.97. The van der Waals surface area contributed by atoms with E-state index in [4.69, 9.17) is 18.8 Å². The number of nitrogens with zero attached hydrogens (tertiary/aromatic N) is 4. The standard InChI is InChI=1S/C43H24N4O2/c44-25-26-9-10-28-11-12-29(22-32(28)21-26)27-13-17-33(18-14-27)47-38-19-15-30(42-45-36-5-1-3-7-40(36)48-42)23-34(38)35-24-31(16-20-39(35)47)43-46-37-6-2-4-8-41(37)49-43/h1-24H. The first kappa shape index (κ1) is 27.2. The SMILES string of the molecule is N#Cc1ccc2ccc(-c3ccc(-n4c5ccc(-c6nc7ccccc7o6)cc5c5cc(-c6nc7ccccc7o6)ccc54)cc3)cc2c1. The van der Waals surface area contributed by atoms with Gasteiger partial charge in [0.05, 0.1) is 22.7 Å². The molecule has 49 heavy (non-hydrogen) atoms. The van der Waals surface area contributed by atoms with Crippen LogP contribution in [0.4, 0.5) is 0 Å². The molecule has 6 heteroatoms. The van der Waals surface area contributed by atoms with Crippen molar-refractivity contribution in [3.8, 4) is 45.8 Å². The number of para-hydroxylation sites is 4. The van der Waals surface area contributed by atoms with Crippen LogP contribution in [0.25, 0.3) is 94.5 Å². The Balaban J connectivity index is 1.13. The molecule has 6 nitrogen and oxygen atoms in total. The minimum Gasteiger partial charge on any atom is -0.436 e. The van der Waals surface area contributed by atoms with Gasteiger partial charge < -0.3 is 13.4 Å². The lowest BCUT2D eigenvalue weighted by atomic mass is 10.00. The molecule has 7 aromatic carbocycles. The van der Waals surface area contributed by atoms with Gasteiger partial charge in [0.1, 0.15) is 11.0 Å². The molecule has 3 aromatic heterocycles. The molecule has 0 radical (unpaired) electrons. The third-order valence-corrected chi connectivity index (χ3v) is 9.27. The zero-order chi connectivity index (χ0) is 32.5. The van der Waals surface area contributed by atoms with Crippen molar-refractivity contribution in [2.45, 2.75) is 0 Å². The van der Waals surface area contributed by atoms with Gasteiger partial charge in [-0.1, -0.05) is 54.6 Å². The van der Waals surface area contributed by atoms with Crippen LogP contribution in [0.15, 0.2) is 154 Å². The molecular weight excluding hydrogens is 604 g/mol. The summed E-state index contributed by atoms with van der Waals surface area (Å²) in [6, 6.07) is 51.4. The van der Waals surface area contributed by atoms with Crippen LogP contribution in [0.1, 0.15) is 5.56 Å². The second kappa shape index (κ2) is 10.5. The van der Waals surface area contributed by atoms with Crippen molar-refractivity contribution in [2.24, 2.45) is 0 Å². The van der Waals surface area contributed by atoms with Crippen LogP contribution in [0.5, 0.6) is 0 Å². The van der Waals surface area contributed by atoms with E-state index in [0.717, 1.165) is 82.7 Å². The highest BCUT2D eigenvalue weighted by Gasteiger charge is 2.18. The van der Waals surface area contributed by atoms with Crippen molar-refractivity contribution in [3.05, 3.63) is 151 Å². The molecule has 0 amide bonds. The summed E-state index contributed by atoms with van der Waals surface area (Å²) in [7, 11) is 0. The van der Waals surface area contributed by atoms with Crippen LogP contribution in [0.3, 0.4) is 0 Å². The minimum absolute atomic E-state index is 0.584. The van der Waals surface area contributed by atoms with Gasteiger partial charge in [-0.3, -0.25) is 0 Å². The summed E-state index contributed by atoms with van der Waals surface area (Å²) < 4.78 is 14.6. The number of hydrogen-bond acceptors (Lipinski definition) is 5. The quantitative estimate of drug-likeness (QED) is 0.194. The minimum atomic E-state index is 0.584. The van der Waals surface area contributed by atoms with Crippen LogP contribution >= 0.6 is 0 Å². The van der Waals surface area contributed by atoms with E-state index in [1.807, 2.05) is 66.7 Å². The van der Waals surface area contributed by atoms with Crippen LogP contribution in [0.2, 0.25) is 0 Å². The molecule has 228 valence electrons. The molecule has 3 heterocycles. The van der Waals surface area contributed by atoms with E-state index < -0.39 is 0 Å². The molecule has 0 aliphatic rings. The van der Waals surface area contributed by atoms with Gasteiger partial charge in [-0.25, -0.2) is 9.97 Å². The van der Waals surface area contributed by atoms with E-state index in [2.05, 4.69) is 89.5 Å². The van der Waals surface area contributed by atoms with E-state index in [0.29, 0.717) is 17.3 Å². The molecule has 10 rings (SSSR count). The van der Waals surface area contributed by atoms with Crippen molar-refractivity contribution < 1.29 is 8.83 Å². The average Bonchev–Trinajstić information content (AvgIpc) is 3.88. The number of benzene rings is 7. The van der Waals surface area contributed by atoms with Gasteiger partial charge in [-0.2, -0.15) is 5.26 Å². The van der Waals surface area contributed by atoms with E-state index in [1.54, 1.807) is 0 Å². The Morgan fingerprint density at radius 2 is 1.04 bits per heavy atom. The predicted molar refractivity (Wildman–Crippen MR) is 194 cm³/mol. The monoisotopic (exact) mass is 628 g/mol. The zero-order valence-corrected chi connectivity index (χ0v) is 26.0. The molecule has 0 aliphatic heterocycles. The summed E-state index contributed by atoms with van der Waals surface area (Å²) in [5, 5.41) is 13.7. The molecule has 0 saturated heterocycles. The van der Waals surface area contributed by atoms with Crippen molar-refractivity contribution >= 4 is 54.8 Å². The molecule has 0 unspecified atom stereocenters. The second-order valence-electron chi connectivity index (χ2n) is 12.2. The number of fused-ring (bicyclic) bond motifs is 6. The summed E-state index contributed by atoms with van der Waals surface area (Å²) in [4.78, 5) is 9.55. The maximum atomic E-state index is 9.39. The van der Waals surface area contributed by atoms with Gasteiger partial charge in [0.15, 0.2) is 11.2 Å². The first-order valence-corrected chi connectivity index (χ1v) is 16.0. The van der Waals surface area contributed by atoms with E-state index in [-0.39, 0.29) is 0 Å². The molecule has 0 N–H and O–H groups in total. The highest BCUT2D eigenvalue weighted by Crippen LogP contribution is 2.38. The maximum Gasteiger partial charge on any atom is 0.227 e. The first-order valence-electron chi connectivity index (χ1n) is 16.0. The van der Waals surface area contributed by atoms with E-state index in [9.17, 15) is 5.26 Å². The molecule has 0 bridgehead atoms. The first-order chi connectivity index (χ1) is 24.2. The van der Waals surface area contributed by atoms with Crippen LogP contribution in [-0.2, 0) is 0 Å². The Morgan fingerprint density at radius 1 is 0.490 bits per heavy atom. The van der Waals surface area contributed by atoms with Gasteiger partial charge in [0.2, 0.25) is 11.8 Å². The average molecular weight is 629 g/mol. The molecule has 0 atom stereocenters. The highest BCUT2D eigenvalue weighted by atomic mass is 16.4. The largest absolute Gasteiger partial charge is 0.436 e. The van der Waals surface area contributed by atoms with Crippen LogP contribution in [0, 0.1) is 11.3 Å². The highest BCUT2D eigenvalue weighted by molar-refractivity contribution is 6.11.